The van der Waals surface area contributed by atoms with Crippen LogP contribution in [0.15, 0.2) is 10.6 Å². The van der Waals surface area contributed by atoms with E-state index in [0.717, 1.165) is 0 Å². The highest BCUT2D eigenvalue weighted by molar-refractivity contribution is 5.92. The van der Waals surface area contributed by atoms with Gasteiger partial charge in [0.1, 0.15) is 5.76 Å². The van der Waals surface area contributed by atoms with Gasteiger partial charge in [-0.05, 0) is 19.8 Å². The van der Waals surface area contributed by atoms with Crippen LogP contribution in [0.25, 0.3) is 0 Å². The van der Waals surface area contributed by atoms with Crippen molar-refractivity contribution in [3.05, 3.63) is 11.8 Å². The maximum absolute atomic E-state index is 12.4. The molecule has 0 radical (unpaired) electrons. The fraction of sp³-hybridized carbons (Fsp3) is 0.583. The van der Waals surface area contributed by atoms with Gasteiger partial charge in [-0.2, -0.15) is 13.2 Å². The van der Waals surface area contributed by atoms with Crippen molar-refractivity contribution in [2.45, 2.75) is 25.9 Å². The van der Waals surface area contributed by atoms with Crippen molar-refractivity contribution in [2.24, 2.45) is 5.92 Å². The molecule has 2 rings (SSSR count). The predicted octanol–water partition coefficient (Wildman–Crippen LogP) is 1.72. The molecule has 116 valence electrons. The summed E-state index contributed by atoms with van der Waals surface area (Å²) in [5, 5.41) is 6.04. The molecule has 1 aliphatic heterocycles. The van der Waals surface area contributed by atoms with Crippen LogP contribution in [0.2, 0.25) is 0 Å². The summed E-state index contributed by atoms with van der Waals surface area (Å²) < 4.78 is 42.0. The molecule has 21 heavy (non-hydrogen) atoms. The molecule has 1 aromatic heterocycles. The zero-order chi connectivity index (χ0) is 15.6. The number of halogens is 3. The Hall–Kier alpha value is -2.06. The van der Waals surface area contributed by atoms with Crippen LogP contribution in [-0.2, 0) is 9.59 Å². The second-order valence-electron chi connectivity index (χ2n) is 4.90. The first kappa shape index (κ1) is 15.3. The van der Waals surface area contributed by atoms with E-state index in [2.05, 4.69) is 10.5 Å². The number of hydrogen-bond acceptors (Lipinski definition) is 4. The summed E-state index contributed by atoms with van der Waals surface area (Å²) in [5.74, 6) is -2.36. The minimum atomic E-state index is -4.92. The summed E-state index contributed by atoms with van der Waals surface area (Å²) >= 11 is 0. The molecule has 0 aromatic carbocycles. The van der Waals surface area contributed by atoms with Crippen molar-refractivity contribution in [1.82, 2.24) is 10.1 Å². The number of carbonyl (C=O) groups is 2. The lowest BCUT2D eigenvalue weighted by atomic mass is 9.97. The number of hydrogen-bond donors (Lipinski definition) is 1. The van der Waals surface area contributed by atoms with Gasteiger partial charge in [-0.25, -0.2) is 0 Å². The maximum Gasteiger partial charge on any atom is 0.471 e. The van der Waals surface area contributed by atoms with E-state index in [0.29, 0.717) is 23.5 Å². The van der Waals surface area contributed by atoms with Crippen LogP contribution in [0, 0.1) is 12.8 Å². The molecule has 9 heteroatoms. The van der Waals surface area contributed by atoms with E-state index in [1.807, 2.05) is 0 Å². The van der Waals surface area contributed by atoms with Crippen LogP contribution in [0.3, 0.4) is 0 Å². The first-order valence-corrected chi connectivity index (χ1v) is 6.37. The molecule has 0 bridgehead atoms. The van der Waals surface area contributed by atoms with E-state index in [9.17, 15) is 22.8 Å². The van der Waals surface area contributed by atoms with Crippen LogP contribution in [0.4, 0.5) is 19.0 Å². The summed E-state index contributed by atoms with van der Waals surface area (Å²) in [7, 11) is 0. The fourth-order valence-corrected chi connectivity index (χ4v) is 2.21. The lowest BCUT2D eigenvalue weighted by molar-refractivity contribution is -0.187. The van der Waals surface area contributed by atoms with Gasteiger partial charge in [0.05, 0.1) is 5.92 Å². The van der Waals surface area contributed by atoms with Crippen molar-refractivity contribution in [2.75, 3.05) is 18.4 Å². The number of carbonyl (C=O) groups excluding carboxylic acids is 2. The maximum atomic E-state index is 12.4. The largest absolute Gasteiger partial charge is 0.471 e. The number of aryl methyl sites for hydroxylation is 1. The first-order valence-electron chi connectivity index (χ1n) is 6.37. The normalized spacial score (nSPS) is 19.4. The van der Waals surface area contributed by atoms with E-state index in [1.54, 1.807) is 6.92 Å². The third kappa shape index (κ3) is 3.73. The molecule has 2 amide bonds. The smallest absolute Gasteiger partial charge is 0.360 e. The van der Waals surface area contributed by atoms with E-state index in [4.69, 9.17) is 4.52 Å². The zero-order valence-corrected chi connectivity index (χ0v) is 11.2. The van der Waals surface area contributed by atoms with Gasteiger partial charge < -0.3 is 14.7 Å². The number of amides is 2. The molecule has 1 aliphatic rings. The molecule has 6 nitrogen and oxygen atoms in total. The molecule has 1 aromatic rings. The van der Waals surface area contributed by atoms with Crippen LogP contribution < -0.4 is 5.32 Å². The number of nitrogens with zero attached hydrogens (tertiary/aromatic N) is 2. The van der Waals surface area contributed by atoms with Crippen molar-refractivity contribution in [3.63, 3.8) is 0 Å². The van der Waals surface area contributed by atoms with Gasteiger partial charge in [0.15, 0.2) is 5.82 Å². The van der Waals surface area contributed by atoms with E-state index in [1.165, 1.54) is 6.07 Å². The van der Waals surface area contributed by atoms with Crippen molar-refractivity contribution in [3.8, 4) is 0 Å². The van der Waals surface area contributed by atoms with Crippen LogP contribution >= 0.6 is 0 Å². The first-order chi connectivity index (χ1) is 9.77. The summed E-state index contributed by atoms with van der Waals surface area (Å²) in [6.07, 6.45) is -4.15. The highest BCUT2D eigenvalue weighted by atomic mass is 19.4. The van der Waals surface area contributed by atoms with Gasteiger partial charge in [-0.3, -0.25) is 9.59 Å². The van der Waals surface area contributed by atoms with Gasteiger partial charge in [0.2, 0.25) is 5.91 Å². The molecule has 2 heterocycles. The molecule has 1 saturated heterocycles. The Bertz CT molecular complexity index is 541. The highest BCUT2D eigenvalue weighted by Gasteiger charge is 2.44. The second-order valence-corrected chi connectivity index (χ2v) is 4.90. The summed E-state index contributed by atoms with van der Waals surface area (Å²) in [6, 6.07) is 1.50. The van der Waals surface area contributed by atoms with E-state index < -0.39 is 23.9 Å². The molecule has 1 unspecified atom stereocenters. The predicted molar refractivity (Wildman–Crippen MR) is 65.2 cm³/mol. The number of anilines is 1. The Morgan fingerprint density at radius 1 is 1.48 bits per heavy atom. The Balaban J connectivity index is 1.97. The number of likely N-dealkylation sites (tertiary alicyclic amines) is 1. The monoisotopic (exact) mass is 305 g/mol. The molecule has 0 spiro atoms. The minimum Gasteiger partial charge on any atom is -0.360 e. The molecule has 0 aliphatic carbocycles. The fourth-order valence-electron chi connectivity index (χ4n) is 2.21. The highest BCUT2D eigenvalue weighted by Crippen LogP contribution is 2.24. The Labute approximate surface area is 118 Å². The van der Waals surface area contributed by atoms with Crippen LogP contribution in [0.5, 0.6) is 0 Å². The van der Waals surface area contributed by atoms with Crippen molar-refractivity contribution in [1.29, 1.82) is 0 Å². The van der Waals surface area contributed by atoms with Crippen LogP contribution in [0.1, 0.15) is 18.6 Å². The number of alkyl halides is 3. The van der Waals surface area contributed by atoms with Gasteiger partial charge in [0, 0.05) is 19.2 Å². The van der Waals surface area contributed by atoms with Gasteiger partial charge >= 0.3 is 12.1 Å². The number of aromatic nitrogens is 1. The number of piperidine rings is 1. The second kappa shape index (κ2) is 5.74. The third-order valence-corrected chi connectivity index (χ3v) is 3.20. The summed E-state index contributed by atoms with van der Waals surface area (Å²) in [5.41, 5.74) is 0. The molecule has 1 fully saturated rings. The topological polar surface area (TPSA) is 75.4 Å². The quantitative estimate of drug-likeness (QED) is 0.902. The van der Waals surface area contributed by atoms with Gasteiger partial charge in [-0.1, -0.05) is 5.16 Å². The third-order valence-electron chi connectivity index (χ3n) is 3.20. The minimum absolute atomic E-state index is 0.00515. The lowest BCUT2D eigenvalue weighted by Gasteiger charge is -2.32. The van der Waals surface area contributed by atoms with Gasteiger partial charge in [0.25, 0.3) is 0 Å². The molecular weight excluding hydrogens is 291 g/mol. The van der Waals surface area contributed by atoms with E-state index in [-0.39, 0.29) is 18.9 Å². The van der Waals surface area contributed by atoms with E-state index >= 15 is 0 Å². The molecule has 1 atom stereocenters. The van der Waals surface area contributed by atoms with Crippen LogP contribution in [-0.4, -0.2) is 41.1 Å². The lowest BCUT2D eigenvalue weighted by Crippen LogP contribution is -2.48. The molecular formula is C12H14F3N3O3. The standard InChI is InChI=1S/C12H14F3N3O3/c1-7-5-9(17-21-7)16-10(19)8-3-2-4-18(6-8)11(20)12(13,14)15/h5,8H,2-4,6H2,1H3,(H,16,17,19). The van der Waals surface area contributed by atoms with Crippen molar-refractivity contribution >= 4 is 17.6 Å². The Kier molecular flexibility index (Phi) is 4.19. The Morgan fingerprint density at radius 3 is 2.76 bits per heavy atom. The number of nitrogens with one attached hydrogen (secondary N) is 1. The average molecular weight is 305 g/mol. The number of rotatable bonds is 2. The summed E-state index contributed by atoms with van der Waals surface area (Å²) in [6.45, 7) is 1.40. The average Bonchev–Trinajstić information content (AvgIpc) is 2.82. The SMILES string of the molecule is Cc1cc(NC(=O)C2CCCN(C(=O)C(F)(F)F)C2)no1. The Morgan fingerprint density at radius 2 is 2.19 bits per heavy atom. The molecule has 1 N–H and O–H groups in total. The van der Waals surface area contributed by atoms with Gasteiger partial charge in [-0.15, -0.1) is 0 Å². The zero-order valence-electron chi connectivity index (χ0n) is 11.2. The molecule has 0 saturated carbocycles. The van der Waals surface area contributed by atoms with Crippen molar-refractivity contribution < 1.29 is 27.3 Å². The summed E-state index contributed by atoms with van der Waals surface area (Å²) in [4.78, 5) is 23.8.